The molecule has 0 saturated carbocycles. The second-order valence-corrected chi connectivity index (χ2v) is 5.08. The topological polar surface area (TPSA) is 102 Å². The molecule has 0 aromatic heterocycles. The lowest BCUT2D eigenvalue weighted by Crippen LogP contribution is -2.39. The maximum atomic E-state index is 11.9. The summed E-state index contributed by atoms with van der Waals surface area (Å²) in [6, 6.07) is 1.15. The number of aliphatic hydroxyl groups is 1. The average Bonchev–Trinajstić information content (AvgIpc) is 2.49. The van der Waals surface area contributed by atoms with Crippen molar-refractivity contribution in [3.63, 3.8) is 0 Å². The van der Waals surface area contributed by atoms with Gasteiger partial charge in [0.1, 0.15) is 27.9 Å². The van der Waals surface area contributed by atoms with E-state index in [1.165, 1.54) is 7.11 Å². The molecule has 23 heavy (non-hydrogen) atoms. The minimum absolute atomic E-state index is 0.0829. The zero-order valence-electron chi connectivity index (χ0n) is 12.9. The third-order valence-corrected chi connectivity index (χ3v) is 3.22. The van der Waals surface area contributed by atoms with Gasteiger partial charge in [0, 0.05) is 6.07 Å². The summed E-state index contributed by atoms with van der Waals surface area (Å²) < 4.78 is 15.3. The van der Waals surface area contributed by atoms with Crippen LogP contribution in [0.2, 0.25) is 0 Å². The Morgan fingerprint density at radius 1 is 1.43 bits per heavy atom. The van der Waals surface area contributed by atoms with Crippen LogP contribution in [0, 0.1) is 0 Å². The second-order valence-electron chi connectivity index (χ2n) is 5.08. The van der Waals surface area contributed by atoms with Crippen molar-refractivity contribution in [2.24, 2.45) is 0 Å². The SMILES string of the molecule is COc1c(O)c2c(cc1=C=O)OC(=O)C(OCC=C(C)C)C=2O. The Bertz CT molecular complexity index is 812. The molecule has 0 aliphatic carbocycles. The Morgan fingerprint density at radius 3 is 2.70 bits per heavy atom. The number of methoxy groups -OCH3 is 1. The van der Waals surface area contributed by atoms with Crippen LogP contribution in [0.15, 0.2) is 17.7 Å². The molecule has 0 radical (unpaired) electrons. The van der Waals surface area contributed by atoms with Crippen LogP contribution in [0.25, 0.3) is 5.76 Å². The summed E-state index contributed by atoms with van der Waals surface area (Å²) in [4.78, 5) is 22.8. The van der Waals surface area contributed by atoms with Crippen LogP contribution < -0.4 is 19.9 Å². The first kappa shape index (κ1) is 16.6. The largest absolute Gasteiger partial charge is 0.508 e. The van der Waals surface area contributed by atoms with Gasteiger partial charge in [-0.15, -0.1) is 0 Å². The molecule has 122 valence electrons. The van der Waals surface area contributed by atoms with Crippen molar-refractivity contribution in [1.82, 2.24) is 0 Å². The number of benzene rings is 1. The molecule has 0 fully saturated rings. The minimum atomic E-state index is -1.38. The van der Waals surface area contributed by atoms with Crippen LogP contribution in [0.3, 0.4) is 0 Å². The smallest absolute Gasteiger partial charge is 0.348 e. The summed E-state index contributed by atoms with van der Waals surface area (Å²) >= 11 is 0. The van der Waals surface area contributed by atoms with E-state index in [9.17, 15) is 19.8 Å². The summed E-state index contributed by atoms with van der Waals surface area (Å²) in [7, 11) is 1.25. The number of hydrogen-bond donors (Lipinski definition) is 2. The van der Waals surface area contributed by atoms with Crippen molar-refractivity contribution >= 4 is 17.7 Å². The molecular formula is C16H16O7. The molecular weight excluding hydrogens is 304 g/mol. The van der Waals surface area contributed by atoms with Crippen LogP contribution >= 0.6 is 0 Å². The maximum absolute atomic E-state index is 11.9. The maximum Gasteiger partial charge on any atom is 0.348 e. The van der Waals surface area contributed by atoms with E-state index in [0.29, 0.717) is 0 Å². The molecule has 0 amide bonds. The van der Waals surface area contributed by atoms with Crippen LogP contribution in [0.5, 0.6) is 17.2 Å². The molecule has 1 aromatic carbocycles. The standard InChI is InChI=1S/C16H16O7/c1-8(2)4-5-22-15-13(19)11-10(23-16(15)20)6-9(7-17)14(21-3)12(11)18/h4,6,15,18-19H,5H2,1-3H3. The highest BCUT2D eigenvalue weighted by atomic mass is 16.6. The van der Waals surface area contributed by atoms with E-state index in [0.717, 1.165) is 11.6 Å². The molecule has 0 spiro atoms. The van der Waals surface area contributed by atoms with Crippen LogP contribution in [0.1, 0.15) is 13.8 Å². The van der Waals surface area contributed by atoms with Gasteiger partial charge in [-0.25, -0.2) is 9.59 Å². The number of ether oxygens (including phenoxy) is 3. The summed E-state index contributed by atoms with van der Waals surface area (Å²) in [5.41, 5.74) is 0.977. The van der Waals surface area contributed by atoms with Crippen LogP contribution in [0.4, 0.5) is 0 Å². The fourth-order valence-electron chi connectivity index (χ4n) is 2.10. The van der Waals surface area contributed by atoms with Crippen molar-refractivity contribution in [2.45, 2.75) is 20.0 Å². The van der Waals surface area contributed by atoms with Gasteiger partial charge >= 0.3 is 5.97 Å². The van der Waals surface area contributed by atoms with Gasteiger partial charge in [-0.05, 0) is 13.8 Å². The number of aliphatic hydroxyl groups excluding tert-OH is 1. The highest BCUT2D eigenvalue weighted by Crippen LogP contribution is 2.25. The molecule has 1 aromatic rings. The van der Waals surface area contributed by atoms with E-state index in [1.807, 2.05) is 13.8 Å². The van der Waals surface area contributed by atoms with Crippen molar-refractivity contribution in [1.29, 1.82) is 0 Å². The van der Waals surface area contributed by atoms with E-state index in [1.54, 1.807) is 12.0 Å². The Hall–Kier alpha value is -2.76. The highest BCUT2D eigenvalue weighted by Gasteiger charge is 2.34. The lowest BCUT2D eigenvalue weighted by Gasteiger charge is -2.21. The van der Waals surface area contributed by atoms with E-state index >= 15 is 0 Å². The Morgan fingerprint density at radius 2 is 2.13 bits per heavy atom. The Kier molecular flexibility index (Phi) is 4.74. The molecule has 7 heteroatoms. The van der Waals surface area contributed by atoms with Crippen molar-refractivity contribution in [2.75, 3.05) is 13.7 Å². The van der Waals surface area contributed by atoms with Gasteiger partial charge in [0.2, 0.25) is 6.10 Å². The lowest BCUT2D eigenvalue weighted by atomic mass is 10.1. The van der Waals surface area contributed by atoms with Gasteiger partial charge in [-0.3, -0.25) is 0 Å². The Balaban J connectivity index is 2.61. The molecule has 7 nitrogen and oxygen atoms in total. The average molecular weight is 320 g/mol. The molecule has 1 aliphatic rings. The fourth-order valence-corrected chi connectivity index (χ4v) is 2.10. The molecule has 2 N–H and O–H groups in total. The van der Waals surface area contributed by atoms with E-state index in [2.05, 4.69) is 0 Å². The zero-order valence-corrected chi connectivity index (χ0v) is 12.9. The second kappa shape index (κ2) is 6.56. The molecule has 1 heterocycles. The van der Waals surface area contributed by atoms with Gasteiger partial charge in [0.05, 0.1) is 13.7 Å². The summed E-state index contributed by atoms with van der Waals surface area (Å²) in [6.45, 7) is 3.80. The Labute approximate surface area is 131 Å². The number of carbonyl (C=O) groups excluding carboxylic acids is 2. The van der Waals surface area contributed by atoms with Gasteiger partial charge in [-0.1, -0.05) is 11.6 Å². The molecule has 2 rings (SSSR count). The first-order chi connectivity index (χ1) is 10.9. The van der Waals surface area contributed by atoms with Crippen molar-refractivity contribution in [3.8, 4) is 17.2 Å². The predicted octanol–water partition coefficient (Wildman–Crippen LogP) is -0.159. The monoisotopic (exact) mass is 320 g/mol. The van der Waals surface area contributed by atoms with E-state index in [4.69, 9.17) is 14.2 Å². The number of phenolic OH excluding ortho intramolecular Hbond substituents is 1. The third kappa shape index (κ3) is 3.06. The predicted molar refractivity (Wildman–Crippen MR) is 79.5 cm³/mol. The fraction of sp³-hybridized carbons (Fsp3) is 0.312. The summed E-state index contributed by atoms with van der Waals surface area (Å²) in [5, 5.41) is 20.2. The number of esters is 1. The number of allylic oxidation sites excluding steroid dienone is 1. The van der Waals surface area contributed by atoms with Gasteiger partial charge in [-0.2, -0.15) is 0 Å². The van der Waals surface area contributed by atoms with Crippen LogP contribution in [-0.2, 0) is 14.3 Å². The quantitative estimate of drug-likeness (QED) is 0.451. The number of phenols is 1. The number of carbonyl (C=O) groups is 1. The van der Waals surface area contributed by atoms with Gasteiger partial charge in [0.25, 0.3) is 0 Å². The minimum Gasteiger partial charge on any atom is -0.508 e. The van der Waals surface area contributed by atoms with Crippen molar-refractivity contribution < 1.29 is 34.0 Å². The molecule has 1 atom stereocenters. The molecule has 0 bridgehead atoms. The summed E-state index contributed by atoms with van der Waals surface area (Å²) in [5.74, 6) is -0.647. The number of rotatable bonds is 4. The molecule has 1 aliphatic heterocycles. The van der Waals surface area contributed by atoms with Gasteiger partial charge < -0.3 is 24.4 Å². The van der Waals surface area contributed by atoms with Crippen LogP contribution in [-0.4, -0.2) is 41.9 Å². The third-order valence-electron chi connectivity index (χ3n) is 3.22. The van der Waals surface area contributed by atoms with Gasteiger partial charge in [0.15, 0.2) is 11.5 Å². The molecule has 1 unspecified atom stereocenters. The number of hydrogen-bond acceptors (Lipinski definition) is 7. The number of aromatic hydroxyl groups is 1. The number of fused-ring (bicyclic) bond motifs is 1. The normalized spacial score (nSPS) is 16.2. The summed E-state index contributed by atoms with van der Waals surface area (Å²) in [6.07, 6.45) is 0.348. The van der Waals surface area contributed by atoms with E-state index < -0.39 is 23.6 Å². The zero-order chi connectivity index (χ0) is 17.1. The van der Waals surface area contributed by atoms with Crippen molar-refractivity contribution in [3.05, 3.63) is 28.2 Å². The molecule has 0 saturated heterocycles. The first-order valence-corrected chi connectivity index (χ1v) is 6.75. The first-order valence-electron chi connectivity index (χ1n) is 6.75. The lowest BCUT2D eigenvalue weighted by molar-refractivity contribution is -0.144. The van der Waals surface area contributed by atoms with E-state index in [-0.39, 0.29) is 28.5 Å². The highest BCUT2D eigenvalue weighted by molar-refractivity contribution is 5.89.